The average molecular weight is 403 g/mol. The summed E-state index contributed by atoms with van der Waals surface area (Å²) in [5.74, 6) is 0.0724. The number of hydrogen-bond acceptors (Lipinski definition) is 3. The minimum Gasteiger partial charge on any atom is -0.348 e. The topological polar surface area (TPSA) is 66.5 Å². The second-order valence-electron chi connectivity index (χ2n) is 7.41. The largest absolute Gasteiger partial charge is 0.348 e. The monoisotopic (exact) mass is 402 g/mol. The van der Waals surface area contributed by atoms with Crippen molar-refractivity contribution in [3.05, 3.63) is 65.7 Å². The highest BCUT2D eigenvalue weighted by Gasteiger charge is 2.24. The molecule has 0 saturated carbocycles. The van der Waals surface area contributed by atoms with Crippen LogP contribution in [-0.4, -0.2) is 27.1 Å². The van der Waals surface area contributed by atoms with Crippen molar-refractivity contribution in [1.29, 1.82) is 0 Å². The summed E-state index contributed by atoms with van der Waals surface area (Å²) in [4.78, 5) is 12.8. The Balaban J connectivity index is 2.25. The molecule has 1 atom stereocenters. The molecule has 2 rings (SSSR count). The molecule has 0 bridgehead atoms. The van der Waals surface area contributed by atoms with Crippen LogP contribution in [0.2, 0.25) is 0 Å². The Kier molecular flexibility index (Phi) is 7.63. The zero-order valence-electron chi connectivity index (χ0n) is 17.1. The molecule has 0 heterocycles. The van der Waals surface area contributed by atoms with Gasteiger partial charge in [-0.15, -0.1) is 0 Å². The predicted octanol–water partition coefficient (Wildman–Crippen LogP) is 3.92. The molecule has 6 heteroatoms. The van der Waals surface area contributed by atoms with E-state index in [1.807, 2.05) is 49.4 Å². The first-order valence-corrected chi connectivity index (χ1v) is 11.5. The van der Waals surface area contributed by atoms with Crippen LogP contribution in [0.4, 0.5) is 5.69 Å². The maximum atomic E-state index is 12.8. The van der Waals surface area contributed by atoms with E-state index in [0.717, 1.165) is 23.8 Å². The fraction of sp³-hybridized carbons (Fsp3) is 0.409. The summed E-state index contributed by atoms with van der Waals surface area (Å²) in [6, 6.07) is 16.9. The van der Waals surface area contributed by atoms with Crippen LogP contribution in [0.25, 0.3) is 0 Å². The van der Waals surface area contributed by atoms with E-state index in [-0.39, 0.29) is 18.5 Å². The third-order valence-corrected chi connectivity index (χ3v) is 5.70. The molecule has 0 aromatic heterocycles. The molecular weight excluding hydrogens is 372 g/mol. The molecule has 2 aromatic rings. The molecule has 152 valence electrons. The number of benzene rings is 2. The summed E-state index contributed by atoms with van der Waals surface area (Å²) >= 11 is 0. The van der Waals surface area contributed by atoms with Gasteiger partial charge >= 0.3 is 0 Å². The lowest BCUT2D eigenvalue weighted by Crippen LogP contribution is -2.42. The van der Waals surface area contributed by atoms with Gasteiger partial charge in [-0.3, -0.25) is 9.10 Å². The zero-order valence-corrected chi connectivity index (χ0v) is 17.9. The molecule has 28 heavy (non-hydrogen) atoms. The second kappa shape index (κ2) is 9.73. The van der Waals surface area contributed by atoms with Crippen molar-refractivity contribution in [3.63, 3.8) is 0 Å². The fourth-order valence-corrected chi connectivity index (χ4v) is 4.13. The number of carbonyl (C=O) groups excluding carboxylic acids is 1. The van der Waals surface area contributed by atoms with Gasteiger partial charge < -0.3 is 5.32 Å². The van der Waals surface area contributed by atoms with Gasteiger partial charge in [-0.25, -0.2) is 8.42 Å². The van der Waals surface area contributed by atoms with E-state index in [2.05, 4.69) is 19.2 Å². The van der Waals surface area contributed by atoms with Crippen molar-refractivity contribution in [1.82, 2.24) is 5.32 Å². The van der Waals surface area contributed by atoms with Crippen LogP contribution in [-0.2, 0) is 21.2 Å². The van der Waals surface area contributed by atoms with Crippen LogP contribution in [0, 0.1) is 5.92 Å². The highest BCUT2D eigenvalue weighted by molar-refractivity contribution is 7.92. The third kappa shape index (κ3) is 6.09. The Morgan fingerprint density at radius 2 is 1.64 bits per heavy atom. The Hall–Kier alpha value is -2.34. The number of carbonyl (C=O) groups is 1. The predicted molar refractivity (Wildman–Crippen MR) is 115 cm³/mol. The molecule has 5 nitrogen and oxygen atoms in total. The molecular formula is C22H30N2O3S. The number of anilines is 1. The standard InChI is InChI=1S/C22H30N2O3S/c1-5-18-11-9-10-14-21(18)24(28(4,26)27)16-22(25)23-20(15-17(2)3)19-12-7-6-8-13-19/h6-14,17,20H,5,15-16H2,1-4H3,(H,23,25)/t20-/m0/s1. The summed E-state index contributed by atoms with van der Waals surface area (Å²) in [6.45, 7) is 5.93. The fourth-order valence-electron chi connectivity index (χ4n) is 3.24. The SMILES string of the molecule is CCc1ccccc1N(CC(=O)N[C@@H](CC(C)C)c1ccccc1)S(C)(=O)=O. The van der Waals surface area contributed by atoms with Crippen LogP contribution in [0.5, 0.6) is 0 Å². The van der Waals surface area contributed by atoms with Crippen LogP contribution in [0.3, 0.4) is 0 Å². The number of rotatable bonds is 9. The van der Waals surface area contributed by atoms with Gasteiger partial charge in [0.15, 0.2) is 0 Å². The summed E-state index contributed by atoms with van der Waals surface area (Å²) in [7, 11) is -3.60. The second-order valence-corrected chi connectivity index (χ2v) is 9.32. The molecule has 1 amide bonds. The van der Waals surface area contributed by atoms with E-state index in [9.17, 15) is 13.2 Å². The van der Waals surface area contributed by atoms with Gasteiger partial charge in [0, 0.05) is 0 Å². The van der Waals surface area contributed by atoms with Crippen molar-refractivity contribution in [2.75, 3.05) is 17.1 Å². The highest BCUT2D eigenvalue weighted by atomic mass is 32.2. The molecule has 0 aliphatic rings. The van der Waals surface area contributed by atoms with Crippen LogP contribution in [0.1, 0.15) is 44.4 Å². The first-order valence-electron chi connectivity index (χ1n) is 9.62. The normalized spacial score (nSPS) is 12.6. The Labute approximate surface area is 168 Å². The number of nitrogens with zero attached hydrogens (tertiary/aromatic N) is 1. The summed E-state index contributed by atoms with van der Waals surface area (Å²) in [5.41, 5.74) is 2.47. The minimum absolute atomic E-state index is 0.156. The zero-order chi connectivity index (χ0) is 20.7. The van der Waals surface area contributed by atoms with Crippen molar-refractivity contribution < 1.29 is 13.2 Å². The first kappa shape index (κ1) is 22.0. The number of amides is 1. The van der Waals surface area contributed by atoms with E-state index in [1.54, 1.807) is 12.1 Å². The maximum absolute atomic E-state index is 12.8. The van der Waals surface area contributed by atoms with Crippen molar-refractivity contribution in [2.24, 2.45) is 5.92 Å². The Morgan fingerprint density at radius 1 is 1.04 bits per heavy atom. The first-order chi connectivity index (χ1) is 13.2. The molecule has 1 N–H and O–H groups in total. The smallest absolute Gasteiger partial charge is 0.241 e. The number of para-hydroxylation sites is 1. The molecule has 2 aromatic carbocycles. The lowest BCUT2D eigenvalue weighted by molar-refractivity contribution is -0.120. The molecule has 0 spiro atoms. The summed E-state index contributed by atoms with van der Waals surface area (Å²) in [5, 5.41) is 3.03. The van der Waals surface area contributed by atoms with Gasteiger partial charge in [-0.2, -0.15) is 0 Å². The third-order valence-electron chi connectivity index (χ3n) is 4.57. The lowest BCUT2D eigenvalue weighted by Gasteiger charge is -2.26. The summed E-state index contributed by atoms with van der Waals surface area (Å²) in [6.07, 6.45) is 2.60. The number of sulfonamides is 1. The Morgan fingerprint density at radius 3 is 2.21 bits per heavy atom. The molecule has 0 aliphatic carbocycles. The minimum atomic E-state index is -3.60. The maximum Gasteiger partial charge on any atom is 0.241 e. The van der Waals surface area contributed by atoms with Crippen molar-refractivity contribution >= 4 is 21.6 Å². The number of aryl methyl sites for hydroxylation is 1. The molecule has 0 aliphatic heterocycles. The van der Waals surface area contributed by atoms with Crippen molar-refractivity contribution in [2.45, 2.75) is 39.7 Å². The highest BCUT2D eigenvalue weighted by Crippen LogP contribution is 2.24. The van der Waals surface area contributed by atoms with Gasteiger partial charge in [0.1, 0.15) is 6.54 Å². The van der Waals surface area contributed by atoms with Crippen molar-refractivity contribution in [3.8, 4) is 0 Å². The van der Waals surface area contributed by atoms with E-state index in [4.69, 9.17) is 0 Å². The van der Waals surface area contributed by atoms with E-state index in [0.29, 0.717) is 18.0 Å². The molecule has 0 unspecified atom stereocenters. The Bertz CT molecular complexity index is 880. The average Bonchev–Trinajstić information content (AvgIpc) is 2.65. The van der Waals surface area contributed by atoms with E-state index in [1.165, 1.54) is 4.31 Å². The van der Waals surface area contributed by atoms with Crippen LogP contribution in [0.15, 0.2) is 54.6 Å². The quantitative estimate of drug-likeness (QED) is 0.691. The summed E-state index contributed by atoms with van der Waals surface area (Å²) < 4.78 is 26.0. The van der Waals surface area contributed by atoms with Crippen LogP contribution < -0.4 is 9.62 Å². The molecule has 0 saturated heterocycles. The van der Waals surface area contributed by atoms with Gasteiger partial charge in [-0.1, -0.05) is 69.3 Å². The number of hydrogen-bond donors (Lipinski definition) is 1. The molecule has 0 fully saturated rings. The van der Waals surface area contributed by atoms with Gasteiger partial charge in [0.2, 0.25) is 15.9 Å². The lowest BCUT2D eigenvalue weighted by atomic mass is 9.97. The van der Waals surface area contributed by atoms with Gasteiger partial charge in [-0.05, 0) is 36.0 Å². The van der Waals surface area contributed by atoms with E-state index >= 15 is 0 Å². The van der Waals surface area contributed by atoms with Gasteiger partial charge in [0.25, 0.3) is 0 Å². The van der Waals surface area contributed by atoms with Gasteiger partial charge in [0.05, 0.1) is 18.0 Å². The molecule has 0 radical (unpaired) electrons. The van der Waals surface area contributed by atoms with Crippen LogP contribution >= 0.6 is 0 Å². The van der Waals surface area contributed by atoms with E-state index < -0.39 is 10.0 Å². The number of nitrogens with one attached hydrogen (secondary N) is 1.